The van der Waals surface area contributed by atoms with E-state index in [0.29, 0.717) is 38.8 Å². The number of nitrogens with zero attached hydrogens (tertiary/aromatic N) is 5. The summed E-state index contributed by atoms with van der Waals surface area (Å²) in [5.74, 6) is 0.699. The second kappa shape index (κ2) is 7.47. The maximum absolute atomic E-state index is 11.7. The number of carbonyl (C=O) groups excluding carboxylic acids is 1. The lowest BCUT2D eigenvalue weighted by atomic mass is 10.0. The molecule has 2 fully saturated rings. The van der Waals surface area contributed by atoms with E-state index in [4.69, 9.17) is 14.5 Å². The number of aromatic nitrogens is 4. The fourth-order valence-electron chi connectivity index (χ4n) is 4.16. The number of anilines is 1. The van der Waals surface area contributed by atoms with Gasteiger partial charge in [0.1, 0.15) is 12.7 Å². The van der Waals surface area contributed by atoms with Gasteiger partial charge in [0, 0.05) is 16.8 Å². The van der Waals surface area contributed by atoms with Crippen molar-refractivity contribution in [2.75, 3.05) is 37.7 Å². The number of fused-ring (bicyclic) bond motifs is 2. The second-order valence-electron chi connectivity index (χ2n) is 7.65. The number of aromatic amines is 1. The Morgan fingerprint density at radius 1 is 1.23 bits per heavy atom. The molecule has 0 aliphatic carbocycles. The molecule has 1 aromatic carbocycles. The van der Waals surface area contributed by atoms with Gasteiger partial charge in [-0.1, -0.05) is 12.1 Å². The van der Waals surface area contributed by atoms with Gasteiger partial charge in [0.05, 0.1) is 54.4 Å². The second-order valence-corrected chi connectivity index (χ2v) is 8.82. The molecule has 1 amide bonds. The molecule has 0 spiro atoms. The lowest BCUT2D eigenvalue weighted by molar-refractivity contribution is 0.0402. The van der Waals surface area contributed by atoms with E-state index in [0.717, 1.165) is 38.1 Å². The SMILES string of the molecule is O=C1OCCN1Cc1cc2nc(N3CCOC(c4cccc5[nH]ncc45)C3)ncc2s1. The van der Waals surface area contributed by atoms with Crippen molar-refractivity contribution in [3.05, 3.63) is 47.1 Å². The highest BCUT2D eigenvalue weighted by Gasteiger charge is 2.26. The minimum atomic E-state index is -0.253. The van der Waals surface area contributed by atoms with Crippen LogP contribution in [0.4, 0.5) is 10.7 Å². The fraction of sp³-hybridized carbons (Fsp3) is 0.333. The Morgan fingerprint density at radius 3 is 3.10 bits per heavy atom. The average molecular weight is 436 g/mol. The van der Waals surface area contributed by atoms with Gasteiger partial charge in [0.15, 0.2) is 0 Å². The van der Waals surface area contributed by atoms with Crippen LogP contribution in [-0.2, 0) is 16.0 Å². The van der Waals surface area contributed by atoms with Crippen molar-refractivity contribution in [2.45, 2.75) is 12.6 Å². The van der Waals surface area contributed by atoms with Gasteiger partial charge in [0.2, 0.25) is 5.95 Å². The van der Waals surface area contributed by atoms with E-state index < -0.39 is 0 Å². The molecule has 1 N–H and O–H groups in total. The van der Waals surface area contributed by atoms with Gasteiger partial charge < -0.3 is 14.4 Å². The van der Waals surface area contributed by atoms with Crippen molar-refractivity contribution in [3.8, 4) is 0 Å². The molecule has 31 heavy (non-hydrogen) atoms. The molecule has 9 nitrogen and oxygen atoms in total. The van der Waals surface area contributed by atoms with Crippen LogP contribution in [0.2, 0.25) is 0 Å². The molecule has 0 radical (unpaired) electrons. The summed E-state index contributed by atoms with van der Waals surface area (Å²) in [5, 5.41) is 8.26. The van der Waals surface area contributed by atoms with Crippen LogP contribution in [0.25, 0.3) is 21.1 Å². The number of benzene rings is 1. The minimum absolute atomic E-state index is 0.0754. The van der Waals surface area contributed by atoms with Crippen molar-refractivity contribution in [1.82, 2.24) is 25.1 Å². The van der Waals surface area contributed by atoms with E-state index in [1.165, 1.54) is 0 Å². The Hall–Kier alpha value is -3.24. The molecular weight excluding hydrogens is 416 g/mol. The van der Waals surface area contributed by atoms with Crippen LogP contribution in [0.3, 0.4) is 0 Å². The van der Waals surface area contributed by atoms with E-state index in [9.17, 15) is 4.79 Å². The summed E-state index contributed by atoms with van der Waals surface area (Å²) in [6.45, 7) is 3.64. The summed E-state index contributed by atoms with van der Waals surface area (Å²) in [6.07, 6.45) is 3.39. The smallest absolute Gasteiger partial charge is 0.410 e. The molecular formula is C21H20N6O3S. The normalized spacial score (nSPS) is 19.5. The van der Waals surface area contributed by atoms with E-state index in [1.54, 1.807) is 16.2 Å². The van der Waals surface area contributed by atoms with E-state index >= 15 is 0 Å². The lowest BCUT2D eigenvalue weighted by Gasteiger charge is -2.33. The largest absolute Gasteiger partial charge is 0.448 e. The molecule has 0 bridgehead atoms. The number of morpholine rings is 1. The number of thiophene rings is 1. The van der Waals surface area contributed by atoms with Crippen molar-refractivity contribution in [2.24, 2.45) is 0 Å². The first-order chi connectivity index (χ1) is 15.2. The highest BCUT2D eigenvalue weighted by molar-refractivity contribution is 7.18. The number of rotatable bonds is 4. The molecule has 3 aromatic heterocycles. The summed E-state index contributed by atoms with van der Waals surface area (Å²) in [5.41, 5.74) is 3.02. The molecule has 2 aliphatic heterocycles. The molecule has 5 heterocycles. The third-order valence-corrected chi connectivity index (χ3v) is 6.76. The van der Waals surface area contributed by atoms with Gasteiger partial charge in [-0.05, 0) is 17.7 Å². The standard InChI is InChI=1S/C21H20N6O3S/c28-21-27(5-7-30-21)11-13-8-17-19(31-13)10-22-20(24-17)26-4-6-29-18(12-26)14-2-1-3-16-15(14)9-23-25-16/h1-3,8-10,18H,4-7,11-12H2,(H,23,25). The Balaban J connectivity index is 1.24. The summed E-state index contributed by atoms with van der Waals surface area (Å²) in [4.78, 5) is 26.1. The number of cyclic esters (lactones) is 1. The zero-order valence-corrected chi connectivity index (χ0v) is 17.5. The van der Waals surface area contributed by atoms with Crippen LogP contribution in [-0.4, -0.2) is 64.0 Å². The highest BCUT2D eigenvalue weighted by Crippen LogP contribution is 2.31. The average Bonchev–Trinajstić information content (AvgIpc) is 3.53. The van der Waals surface area contributed by atoms with Crippen LogP contribution in [0.1, 0.15) is 16.5 Å². The zero-order chi connectivity index (χ0) is 20.8. The van der Waals surface area contributed by atoms with E-state index in [2.05, 4.69) is 26.1 Å². The lowest BCUT2D eigenvalue weighted by Crippen LogP contribution is -2.39. The van der Waals surface area contributed by atoms with Crippen LogP contribution in [0, 0.1) is 0 Å². The highest BCUT2D eigenvalue weighted by atomic mass is 32.1. The zero-order valence-electron chi connectivity index (χ0n) is 16.7. The maximum Gasteiger partial charge on any atom is 0.410 e. The molecule has 6 rings (SSSR count). The number of hydrogen-bond acceptors (Lipinski definition) is 8. The molecule has 2 aliphatic rings. The topological polar surface area (TPSA) is 96.5 Å². The predicted octanol–water partition coefficient (Wildman–Crippen LogP) is 3.10. The first-order valence-corrected chi connectivity index (χ1v) is 11.0. The van der Waals surface area contributed by atoms with Gasteiger partial charge in [-0.25, -0.2) is 14.8 Å². The Bertz CT molecular complexity index is 1270. The number of hydrogen-bond donors (Lipinski definition) is 1. The number of ether oxygens (including phenoxy) is 2. The number of amides is 1. The third kappa shape index (κ3) is 3.37. The first kappa shape index (κ1) is 18.5. The van der Waals surface area contributed by atoms with Gasteiger partial charge in [0.25, 0.3) is 0 Å². The number of carbonyl (C=O) groups is 1. The molecule has 2 saturated heterocycles. The summed E-state index contributed by atoms with van der Waals surface area (Å²) in [6, 6.07) is 8.16. The Labute approximate surface area is 181 Å². The molecule has 4 aromatic rings. The van der Waals surface area contributed by atoms with Crippen molar-refractivity contribution in [3.63, 3.8) is 0 Å². The first-order valence-electron chi connectivity index (χ1n) is 10.2. The van der Waals surface area contributed by atoms with Gasteiger partial charge in [-0.2, -0.15) is 5.10 Å². The van der Waals surface area contributed by atoms with E-state index in [1.807, 2.05) is 30.6 Å². The molecule has 10 heteroatoms. The molecule has 0 saturated carbocycles. The monoisotopic (exact) mass is 436 g/mol. The predicted molar refractivity (Wildman–Crippen MR) is 116 cm³/mol. The van der Waals surface area contributed by atoms with Crippen LogP contribution in [0.15, 0.2) is 36.7 Å². The molecule has 1 unspecified atom stereocenters. The van der Waals surface area contributed by atoms with Gasteiger partial charge in [-0.15, -0.1) is 11.3 Å². The van der Waals surface area contributed by atoms with Gasteiger partial charge >= 0.3 is 6.09 Å². The fourth-order valence-corrected chi connectivity index (χ4v) is 5.15. The third-order valence-electron chi connectivity index (χ3n) is 5.72. The summed E-state index contributed by atoms with van der Waals surface area (Å²) in [7, 11) is 0. The minimum Gasteiger partial charge on any atom is -0.448 e. The Kier molecular flexibility index (Phi) is 4.46. The Morgan fingerprint density at radius 2 is 2.19 bits per heavy atom. The number of H-pyrrole nitrogens is 1. The maximum atomic E-state index is 11.7. The quantitative estimate of drug-likeness (QED) is 0.525. The van der Waals surface area contributed by atoms with Crippen LogP contribution in [0.5, 0.6) is 0 Å². The molecule has 1 atom stereocenters. The van der Waals surface area contributed by atoms with E-state index in [-0.39, 0.29) is 12.2 Å². The van der Waals surface area contributed by atoms with Crippen LogP contribution >= 0.6 is 11.3 Å². The van der Waals surface area contributed by atoms with Crippen LogP contribution < -0.4 is 4.90 Å². The van der Waals surface area contributed by atoms with Crippen molar-refractivity contribution >= 4 is 44.5 Å². The van der Waals surface area contributed by atoms with Crippen molar-refractivity contribution < 1.29 is 14.3 Å². The summed E-state index contributed by atoms with van der Waals surface area (Å²) < 4.78 is 12.1. The molecule has 158 valence electrons. The van der Waals surface area contributed by atoms with Gasteiger partial charge in [-0.3, -0.25) is 10.00 Å². The number of nitrogens with one attached hydrogen (secondary N) is 1. The summed E-state index contributed by atoms with van der Waals surface area (Å²) >= 11 is 1.61. The van der Waals surface area contributed by atoms with Crippen molar-refractivity contribution in [1.29, 1.82) is 0 Å².